The van der Waals surface area contributed by atoms with Crippen molar-refractivity contribution < 1.29 is 9.47 Å². The lowest BCUT2D eigenvalue weighted by atomic mass is 10.1. The maximum atomic E-state index is 5.26. The lowest BCUT2D eigenvalue weighted by Crippen LogP contribution is -2.41. The summed E-state index contributed by atoms with van der Waals surface area (Å²) >= 11 is 2.30. The van der Waals surface area contributed by atoms with Crippen molar-refractivity contribution >= 4 is 22.6 Å². The topological polar surface area (TPSA) is 30.5 Å². The van der Waals surface area contributed by atoms with Gasteiger partial charge in [-0.15, -0.1) is 0 Å². The van der Waals surface area contributed by atoms with Gasteiger partial charge >= 0.3 is 0 Å². The summed E-state index contributed by atoms with van der Waals surface area (Å²) < 4.78 is 11.8. The number of nitrogens with one attached hydrogen (secondary N) is 1. The minimum atomic E-state index is -0.218. The second-order valence-electron chi connectivity index (χ2n) is 3.57. The van der Waals surface area contributed by atoms with Gasteiger partial charge in [-0.2, -0.15) is 0 Å². The van der Waals surface area contributed by atoms with Gasteiger partial charge in [0, 0.05) is 17.8 Å². The fourth-order valence-corrected chi connectivity index (χ4v) is 1.99. The predicted molar refractivity (Wildman–Crippen MR) is 73.5 cm³/mol. The van der Waals surface area contributed by atoms with E-state index in [0.717, 1.165) is 6.42 Å². The number of benzene rings is 1. The van der Waals surface area contributed by atoms with E-state index in [-0.39, 0.29) is 12.3 Å². The number of hydrogen-bond acceptors (Lipinski definition) is 3. The van der Waals surface area contributed by atoms with Crippen LogP contribution < -0.4 is 5.32 Å². The highest BCUT2D eigenvalue weighted by molar-refractivity contribution is 14.1. The first kappa shape index (κ1) is 13.9. The van der Waals surface area contributed by atoms with Crippen molar-refractivity contribution in [3.63, 3.8) is 0 Å². The van der Waals surface area contributed by atoms with Crippen LogP contribution in [0.15, 0.2) is 24.3 Å². The van der Waals surface area contributed by atoms with Crippen LogP contribution in [0.5, 0.6) is 0 Å². The number of hydrogen-bond donors (Lipinski definition) is 1. The Morgan fingerprint density at radius 3 is 2.19 bits per heavy atom. The molecule has 0 aliphatic heterocycles. The Morgan fingerprint density at radius 2 is 1.75 bits per heavy atom. The number of halogens is 1. The average Bonchev–Trinajstić information content (AvgIpc) is 2.32. The Bertz CT molecular complexity index is 298. The molecular weight excluding hydrogens is 317 g/mol. The molecule has 0 spiro atoms. The van der Waals surface area contributed by atoms with E-state index in [9.17, 15) is 0 Å². The van der Waals surface area contributed by atoms with Gasteiger partial charge in [0.1, 0.15) is 0 Å². The van der Waals surface area contributed by atoms with Crippen molar-refractivity contribution in [2.24, 2.45) is 0 Å². The van der Waals surface area contributed by atoms with Crippen LogP contribution in [0.4, 0.5) is 0 Å². The zero-order chi connectivity index (χ0) is 12.0. The molecule has 4 heteroatoms. The molecule has 1 rings (SSSR count). The molecule has 3 nitrogen and oxygen atoms in total. The van der Waals surface area contributed by atoms with E-state index >= 15 is 0 Å². The van der Waals surface area contributed by atoms with E-state index < -0.39 is 0 Å². The molecule has 0 aromatic heterocycles. The summed E-state index contributed by atoms with van der Waals surface area (Å²) in [5.74, 6) is 0. The summed E-state index contributed by atoms with van der Waals surface area (Å²) in [6, 6.07) is 8.65. The van der Waals surface area contributed by atoms with Gasteiger partial charge in [0.05, 0.1) is 6.04 Å². The van der Waals surface area contributed by atoms with E-state index in [1.165, 1.54) is 9.13 Å². The maximum Gasteiger partial charge on any atom is 0.172 e. The van der Waals surface area contributed by atoms with Gasteiger partial charge in [0.15, 0.2) is 6.29 Å². The third kappa shape index (κ3) is 4.01. The van der Waals surface area contributed by atoms with Crippen LogP contribution in [0, 0.1) is 3.57 Å². The Labute approximate surface area is 111 Å². The van der Waals surface area contributed by atoms with Crippen LogP contribution >= 0.6 is 22.6 Å². The van der Waals surface area contributed by atoms with E-state index in [4.69, 9.17) is 9.47 Å². The van der Waals surface area contributed by atoms with Crippen molar-refractivity contribution in [2.45, 2.75) is 18.8 Å². The first-order valence-corrected chi connectivity index (χ1v) is 6.26. The molecule has 0 heterocycles. The molecule has 0 aliphatic rings. The minimum Gasteiger partial charge on any atom is -0.354 e. The number of likely N-dealkylation sites (N-methyl/N-ethyl adjacent to an activating group) is 1. The van der Waals surface area contributed by atoms with Crippen molar-refractivity contribution in [1.29, 1.82) is 0 Å². The summed E-state index contributed by atoms with van der Waals surface area (Å²) in [6.07, 6.45) is 0.670. The van der Waals surface area contributed by atoms with Crippen molar-refractivity contribution in [3.8, 4) is 0 Å². The van der Waals surface area contributed by atoms with Gasteiger partial charge in [0.2, 0.25) is 0 Å². The zero-order valence-corrected chi connectivity index (χ0v) is 12.0. The molecule has 90 valence electrons. The fraction of sp³-hybridized carbons (Fsp3) is 0.500. The summed E-state index contributed by atoms with van der Waals surface area (Å²) in [5, 5.41) is 3.22. The monoisotopic (exact) mass is 335 g/mol. The Hall–Kier alpha value is -0.170. The van der Waals surface area contributed by atoms with E-state index in [1.807, 2.05) is 7.05 Å². The van der Waals surface area contributed by atoms with Crippen molar-refractivity contribution in [3.05, 3.63) is 33.4 Å². The van der Waals surface area contributed by atoms with Crippen LogP contribution in [0.3, 0.4) is 0 Å². The predicted octanol–water partition coefficient (Wildman–Crippen LogP) is 2.04. The van der Waals surface area contributed by atoms with E-state index in [1.54, 1.807) is 14.2 Å². The van der Waals surface area contributed by atoms with E-state index in [2.05, 4.69) is 52.2 Å². The molecule has 0 radical (unpaired) electrons. The molecule has 0 aliphatic carbocycles. The second-order valence-corrected chi connectivity index (χ2v) is 4.81. The normalized spacial score (nSPS) is 13.1. The largest absolute Gasteiger partial charge is 0.354 e. The molecule has 1 unspecified atom stereocenters. The Morgan fingerprint density at radius 1 is 1.19 bits per heavy atom. The SMILES string of the molecule is CNC(Cc1ccc(I)cc1)C(OC)OC. The number of rotatable bonds is 6. The van der Waals surface area contributed by atoms with Crippen LogP contribution in [0.1, 0.15) is 5.56 Å². The van der Waals surface area contributed by atoms with Gasteiger partial charge in [-0.25, -0.2) is 0 Å². The quantitative estimate of drug-likeness (QED) is 0.638. The lowest BCUT2D eigenvalue weighted by molar-refractivity contribution is -0.121. The Kier molecular flexibility index (Phi) is 6.26. The van der Waals surface area contributed by atoms with Gasteiger partial charge in [-0.05, 0) is 53.8 Å². The molecule has 16 heavy (non-hydrogen) atoms. The van der Waals surface area contributed by atoms with Gasteiger partial charge in [0.25, 0.3) is 0 Å². The van der Waals surface area contributed by atoms with Crippen LogP contribution in [-0.2, 0) is 15.9 Å². The lowest BCUT2D eigenvalue weighted by Gasteiger charge is -2.24. The summed E-state index contributed by atoms with van der Waals surface area (Å²) in [4.78, 5) is 0. The average molecular weight is 335 g/mol. The Balaban J connectivity index is 2.65. The molecule has 1 aromatic rings. The summed E-state index contributed by atoms with van der Waals surface area (Å²) in [6.45, 7) is 0. The molecule has 1 aromatic carbocycles. The third-order valence-corrected chi connectivity index (χ3v) is 3.25. The van der Waals surface area contributed by atoms with Crippen molar-refractivity contribution in [2.75, 3.05) is 21.3 Å². The fourth-order valence-electron chi connectivity index (χ4n) is 1.63. The summed E-state index contributed by atoms with van der Waals surface area (Å²) in [7, 11) is 5.24. The minimum absolute atomic E-state index is 0.162. The van der Waals surface area contributed by atoms with E-state index in [0.29, 0.717) is 0 Å². The third-order valence-electron chi connectivity index (χ3n) is 2.53. The van der Waals surface area contributed by atoms with Crippen LogP contribution in [0.2, 0.25) is 0 Å². The second kappa shape index (κ2) is 7.21. The van der Waals surface area contributed by atoms with Gasteiger partial charge < -0.3 is 14.8 Å². The van der Waals surface area contributed by atoms with Crippen LogP contribution in [-0.4, -0.2) is 33.6 Å². The molecule has 0 saturated heterocycles. The van der Waals surface area contributed by atoms with Gasteiger partial charge in [-0.1, -0.05) is 12.1 Å². The molecule has 0 saturated carbocycles. The summed E-state index contributed by atoms with van der Waals surface area (Å²) in [5.41, 5.74) is 1.28. The smallest absolute Gasteiger partial charge is 0.172 e. The molecule has 0 amide bonds. The zero-order valence-electron chi connectivity index (χ0n) is 9.87. The molecule has 0 bridgehead atoms. The number of methoxy groups -OCH3 is 2. The maximum absolute atomic E-state index is 5.26. The van der Waals surface area contributed by atoms with Crippen molar-refractivity contribution in [1.82, 2.24) is 5.32 Å². The molecular formula is C12H18INO2. The number of ether oxygens (including phenoxy) is 2. The highest BCUT2D eigenvalue weighted by Gasteiger charge is 2.19. The first-order chi connectivity index (χ1) is 7.71. The standard InChI is InChI=1S/C12H18INO2/c1-14-11(12(15-2)16-3)8-9-4-6-10(13)7-5-9/h4-7,11-12,14H,8H2,1-3H3. The molecule has 0 fully saturated rings. The molecule has 1 atom stereocenters. The molecule has 1 N–H and O–H groups in total. The van der Waals surface area contributed by atoms with Gasteiger partial charge in [-0.3, -0.25) is 0 Å². The first-order valence-electron chi connectivity index (χ1n) is 5.18. The highest BCUT2D eigenvalue weighted by atomic mass is 127. The highest BCUT2D eigenvalue weighted by Crippen LogP contribution is 2.11. The van der Waals surface area contributed by atoms with Crippen LogP contribution in [0.25, 0.3) is 0 Å².